The lowest BCUT2D eigenvalue weighted by Crippen LogP contribution is -3.04. The average molecular weight is 332 g/mol. The number of aromatic carboxylic acids is 1. The zero-order valence-electron chi connectivity index (χ0n) is 11.2. The first-order valence-corrected chi connectivity index (χ1v) is 7.46. The number of carbonyl (C=O) groups excluding carboxylic acids is 1. The van der Waals surface area contributed by atoms with Crippen molar-refractivity contribution < 1.29 is 14.8 Å². The Hall–Kier alpha value is -1.07. The van der Waals surface area contributed by atoms with Crippen LogP contribution in [0.3, 0.4) is 0 Å². The van der Waals surface area contributed by atoms with Crippen LogP contribution in [0.4, 0.5) is 0 Å². The van der Waals surface area contributed by atoms with Gasteiger partial charge >= 0.3 is 0 Å². The summed E-state index contributed by atoms with van der Waals surface area (Å²) in [4.78, 5) is 11.7. The number of hydrogen-bond acceptors (Lipinski definition) is 3. The van der Waals surface area contributed by atoms with E-state index in [1.165, 1.54) is 16.5 Å². The molecular formula is C14H15Cl2NO2S. The van der Waals surface area contributed by atoms with E-state index in [0.29, 0.717) is 0 Å². The minimum Gasteiger partial charge on any atom is -0.544 e. The first-order valence-electron chi connectivity index (χ1n) is 5.89. The largest absolute Gasteiger partial charge is 0.544 e. The van der Waals surface area contributed by atoms with Crippen LogP contribution in [0.15, 0.2) is 36.4 Å². The Morgan fingerprint density at radius 3 is 2.20 bits per heavy atom. The Morgan fingerprint density at radius 1 is 1.25 bits per heavy atom. The molecule has 0 aliphatic heterocycles. The summed E-state index contributed by atoms with van der Waals surface area (Å²) >= 11 is 11.8. The topological polar surface area (TPSA) is 44.6 Å². The number of carboxylic acid groups (broad SMARTS) is 1. The third-order valence-electron chi connectivity index (χ3n) is 2.25. The van der Waals surface area contributed by atoms with E-state index in [9.17, 15) is 9.90 Å². The lowest BCUT2D eigenvalue weighted by Gasteiger charge is -2.05. The van der Waals surface area contributed by atoms with Crippen LogP contribution in [0, 0.1) is 0 Å². The van der Waals surface area contributed by atoms with Gasteiger partial charge in [-0.3, -0.25) is 0 Å². The van der Waals surface area contributed by atoms with Gasteiger partial charge in [0.15, 0.2) is 0 Å². The van der Waals surface area contributed by atoms with Crippen LogP contribution in [0.2, 0.25) is 9.36 Å². The predicted molar refractivity (Wildman–Crippen MR) is 81.6 cm³/mol. The highest BCUT2D eigenvalue weighted by atomic mass is 35.5. The van der Waals surface area contributed by atoms with E-state index in [1.807, 2.05) is 0 Å². The van der Waals surface area contributed by atoms with Crippen LogP contribution in [0.5, 0.6) is 0 Å². The van der Waals surface area contributed by atoms with Crippen molar-refractivity contribution in [1.82, 2.24) is 0 Å². The van der Waals surface area contributed by atoms with E-state index >= 15 is 0 Å². The van der Waals surface area contributed by atoms with E-state index in [2.05, 4.69) is 44.4 Å². The Balaban J connectivity index is 0.000000200. The van der Waals surface area contributed by atoms with Crippen molar-refractivity contribution in [1.29, 1.82) is 0 Å². The van der Waals surface area contributed by atoms with Gasteiger partial charge in [-0.1, -0.05) is 53.5 Å². The third kappa shape index (κ3) is 5.92. The number of rotatable bonds is 3. The number of hydrogen-bond donors (Lipinski definition) is 1. The zero-order valence-corrected chi connectivity index (χ0v) is 13.5. The highest BCUT2D eigenvalue weighted by molar-refractivity contribution is 7.18. The Morgan fingerprint density at radius 2 is 1.85 bits per heavy atom. The normalized spacial score (nSPS) is 10.1. The molecule has 1 N–H and O–H groups in total. The molecule has 0 saturated carbocycles. The van der Waals surface area contributed by atoms with Crippen molar-refractivity contribution in [2.75, 3.05) is 14.1 Å². The number of halogens is 2. The molecule has 0 fully saturated rings. The third-order valence-corrected chi connectivity index (χ3v) is 4.09. The highest BCUT2D eigenvalue weighted by Gasteiger charge is 2.04. The van der Waals surface area contributed by atoms with Gasteiger partial charge in [0.25, 0.3) is 0 Å². The van der Waals surface area contributed by atoms with Crippen molar-refractivity contribution in [2.24, 2.45) is 0 Å². The van der Waals surface area contributed by atoms with E-state index in [1.54, 1.807) is 0 Å². The van der Waals surface area contributed by atoms with Crippen LogP contribution >= 0.6 is 34.5 Å². The van der Waals surface area contributed by atoms with Gasteiger partial charge in [0.05, 0.1) is 30.0 Å². The molecule has 2 rings (SSSR count). The fraction of sp³-hybridized carbons (Fsp3) is 0.214. The summed E-state index contributed by atoms with van der Waals surface area (Å²) in [5, 5.41) is 10.4. The molecule has 6 heteroatoms. The molecule has 1 aromatic carbocycles. The van der Waals surface area contributed by atoms with Crippen molar-refractivity contribution in [3.63, 3.8) is 0 Å². The molecule has 0 bridgehead atoms. The molecule has 1 heterocycles. The number of carboxylic acids is 1. The number of carbonyl (C=O) groups is 1. The van der Waals surface area contributed by atoms with Crippen LogP contribution in [0.1, 0.15) is 15.2 Å². The maximum absolute atomic E-state index is 10.1. The Kier molecular flexibility index (Phi) is 7.02. The second-order valence-electron chi connectivity index (χ2n) is 4.39. The molecule has 0 aliphatic carbocycles. The SMILES string of the molecule is C[NH+](C)Cc1ccccc1.O=C([O-])c1cc(Cl)c(Cl)s1. The first-order chi connectivity index (χ1) is 9.40. The minimum absolute atomic E-state index is 0.0509. The van der Waals surface area contributed by atoms with Gasteiger partial charge in [-0.05, 0) is 6.07 Å². The molecule has 0 radical (unpaired) electrons. The van der Waals surface area contributed by atoms with Crippen molar-refractivity contribution >= 4 is 40.5 Å². The van der Waals surface area contributed by atoms with Crippen LogP contribution in [0.25, 0.3) is 0 Å². The van der Waals surface area contributed by atoms with Crippen LogP contribution in [-0.4, -0.2) is 20.1 Å². The highest BCUT2D eigenvalue weighted by Crippen LogP contribution is 2.30. The standard InChI is InChI=1S/C9H13N.C5H2Cl2O2S/c1-10(2)8-9-6-4-3-5-7-9;6-2-1-3(5(8)9)10-4(2)7/h3-7H,8H2,1-2H3;1H,(H,8,9). The van der Waals surface area contributed by atoms with Crippen LogP contribution in [-0.2, 0) is 6.54 Å². The Bertz CT molecular complexity index is 536. The number of thiophene rings is 1. The molecule has 0 atom stereocenters. The van der Waals surface area contributed by atoms with Crippen molar-refractivity contribution in [3.8, 4) is 0 Å². The average Bonchev–Trinajstić information content (AvgIpc) is 2.71. The summed E-state index contributed by atoms with van der Waals surface area (Å²) in [7, 11) is 4.32. The van der Waals surface area contributed by atoms with Crippen molar-refractivity contribution in [3.05, 3.63) is 56.2 Å². The van der Waals surface area contributed by atoms with Gasteiger partial charge in [-0.15, -0.1) is 11.3 Å². The maximum Gasteiger partial charge on any atom is 0.112 e. The number of benzene rings is 1. The van der Waals surface area contributed by atoms with Crippen LogP contribution < -0.4 is 10.0 Å². The summed E-state index contributed by atoms with van der Waals surface area (Å²) in [5.74, 6) is -1.25. The maximum atomic E-state index is 10.1. The number of nitrogens with one attached hydrogen (secondary N) is 1. The van der Waals surface area contributed by atoms with Gasteiger partial charge in [-0.2, -0.15) is 0 Å². The molecule has 0 amide bonds. The lowest BCUT2D eigenvalue weighted by molar-refractivity contribution is -0.872. The molecule has 20 heavy (non-hydrogen) atoms. The van der Waals surface area contributed by atoms with Gasteiger partial charge in [-0.25, -0.2) is 0 Å². The fourth-order valence-electron chi connectivity index (χ4n) is 1.45. The molecule has 0 unspecified atom stereocenters. The second kappa shape index (κ2) is 8.27. The van der Waals surface area contributed by atoms with E-state index < -0.39 is 5.97 Å². The fourth-order valence-corrected chi connectivity index (χ4v) is 2.65. The van der Waals surface area contributed by atoms with E-state index in [-0.39, 0.29) is 14.2 Å². The lowest BCUT2D eigenvalue weighted by atomic mass is 10.2. The minimum atomic E-state index is -1.25. The molecule has 0 aliphatic rings. The monoisotopic (exact) mass is 331 g/mol. The van der Waals surface area contributed by atoms with E-state index in [4.69, 9.17) is 23.2 Å². The quantitative estimate of drug-likeness (QED) is 0.931. The molecule has 0 saturated heterocycles. The summed E-state index contributed by atoms with van der Waals surface area (Å²) < 4.78 is 0.279. The van der Waals surface area contributed by atoms with Gasteiger partial charge in [0.2, 0.25) is 0 Å². The summed E-state index contributed by atoms with van der Waals surface area (Å²) in [6, 6.07) is 11.8. The summed E-state index contributed by atoms with van der Waals surface area (Å²) in [6.07, 6.45) is 0. The molecule has 1 aromatic heterocycles. The molecule has 0 spiro atoms. The van der Waals surface area contributed by atoms with E-state index in [0.717, 1.165) is 17.9 Å². The molecule has 3 nitrogen and oxygen atoms in total. The second-order valence-corrected chi connectivity index (χ2v) is 6.45. The number of quaternary nitrogens is 1. The smallest absolute Gasteiger partial charge is 0.112 e. The molecule has 2 aromatic rings. The molecule has 108 valence electrons. The zero-order chi connectivity index (χ0) is 15.1. The van der Waals surface area contributed by atoms with Gasteiger partial charge in [0, 0.05) is 5.56 Å². The van der Waals surface area contributed by atoms with Gasteiger partial charge in [0.1, 0.15) is 10.9 Å². The summed E-state index contributed by atoms with van der Waals surface area (Å²) in [6.45, 7) is 1.11. The Labute approximate surface area is 132 Å². The first kappa shape index (κ1) is 17.0. The van der Waals surface area contributed by atoms with Gasteiger partial charge < -0.3 is 14.8 Å². The predicted octanol–water partition coefficient (Wildman–Crippen LogP) is 1.75. The summed E-state index contributed by atoms with van der Waals surface area (Å²) in [5.41, 5.74) is 1.41. The van der Waals surface area contributed by atoms with Crippen molar-refractivity contribution in [2.45, 2.75) is 6.54 Å². The molecular weight excluding hydrogens is 317 g/mol.